The molecule has 0 heterocycles. The van der Waals surface area contributed by atoms with Crippen molar-refractivity contribution in [3.05, 3.63) is 23.8 Å². The largest absolute Gasteiger partial charge is 0.506 e. The number of alkyl halides is 2. The van der Waals surface area contributed by atoms with Crippen molar-refractivity contribution in [3.8, 4) is 5.75 Å². The van der Waals surface area contributed by atoms with Crippen LogP contribution in [0.1, 0.15) is 11.6 Å². The predicted molar refractivity (Wildman–Crippen MR) is 70.8 cm³/mol. The minimum Gasteiger partial charge on any atom is -0.506 e. The number of methoxy groups -OCH3 is 1. The van der Waals surface area contributed by atoms with E-state index in [4.69, 9.17) is 20.9 Å². The van der Waals surface area contributed by atoms with Crippen LogP contribution in [0, 0.1) is 0 Å². The molecule has 0 fully saturated rings. The molecule has 0 spiro atoms. The first-order chi connectivity index (χ1) is 9.86. The first-order valence-electron chi connectivity index (χ1n) is 6.13. The second-order valence-electron chi connectivity index (χ2n) is 4.45. The Morgan fingerprint density at radius 1 is 1.38 bits per heavy atom. The van der Waals surface area contributed by atoms with E-state index in [0.717, 1.165) is 0 Å². The fourth-order valence-electron chi connectivity index (χ4n) is 1.72. The zero-order valence-electron chi connectivity index (χ0n) is 11.4. The van der Waals surface area contributed by atoms with Crippen LogP contribution in [-0.4, -0.2) is 48.2 Å². The summed E-state index contributed by atoms with van der Waals surface area (Å²) in [5.74, 6) is -0.343. The van der Waals surface area contributed by atoms with Crippen LogP contribution in [0.3, 0.4) is 0 Å². The maximum Gasteiger partial charge on any atom is 0.254 e. The van der Waals surface area contributed by atoms with E-state index in [-0.39, 0.29) is 29.8 Å². The first kappa shape index (κ1) is 17.5. The third kappa shape index (κ3) is 5.06. The number of halogens is 2. The van der Waals surface area contributed by atoms with E-state index in [1.165, 1.54) is 25.3 Å². The highest BCUT2D eigenvalue weighted by molar-refractivity contribution is 5.56. The number of benzene rings is 1. The molecule has 0 aromatic heterocycles. The highest BCUT2D eigenvalue weighted by atomic mass is 19.3. The summed E-state index contributed by atoms with van der Waals surface area (Å²) in [4.78, 5) is 0. The van der Waals surface area contributed by atoms with Gasteiger partial charge in [-0.05, 0) is 17.7 Å². The van der Waals surface area contributed by atoms with Gasteiger partial charge in [0.05, 0.1) is 18.7 Å². The molecule has 2 atom stereocenters. The number of nitrogens with one attached hydrogen (secondary N) is 1. The molecule has 1 rings (SSSR count). The number of rotatable bonds is 8. The smallest absolute Gasteiger partial charge is 0.254 e. The molecule has 0 amide bonds. The lowest BCUT2D eigenvalue weighted by Gasteiger charge is -2.22. The van der Waals surface area contributed by atoms with Gasteiger partial charge in [-0.3, -0.25) is 10.4 Å². The molecule has 0 saturated carbocycles. The SMILES string of the molecule is COCC(NC[C@H](N)C(F)F)c1ccc(O)c(N(O)O)c1. The van der Waals surface area contributed by atoms with Crippen LogP contribution in [0.2, 0.25) is 0 Å². The Kier molecular flexibility index (Phi) is 6.72. The van der Waals surface area contributed by atoms with E-state index >= 15 is 0 Å². The molecule has 120 valence electrons. The van der Waals surface area contributed by atoms with E-state index < -0.39 is 18.5 Å². The molecule has 0 aliphatic heterocycles. The molecule has 0 aliphatic carbocycles. The Bertz CT molecular complexity index is 449. The zero-order chi connectivity index (χ0) is 16.0. The van der Waals surface area contributed by atoms with Crippen molar-refractivity contribution >= 4 is 5.69 Å². The van der Waals surface area contributed by atoms with Crippen molar-refractivity contribution in [2.75, 3.05) is 25.5 Å². The van der Waals surface area contributed by atoms with Crippen molar-refractivity contribution in [2.24, 2.45) is 5.73 Å². The number of hydrogen-bond acceptors (Lipinski definition) is 7. The van der Waals surface area contributed by atoms with Crippen molar-refractivity contribution in [3.63, 3.8) is 0 Å². The highest BCUT2D eigenvalue weighted by Crippen LogP contribution is 2.29. The van der Waals surface area contributed by atoms with E-state index in [9.17, 15) is 13.9 Å². The molecular weight excluding hydrogens is 288 g/mol. The second kappa shape index (κ2) is 8.05. The number of anilines is 1. The molecule has 1 aromatic rings. The molecule has 21 heavy (non-hydrogen) atoms. The van der Waals surface area contributed by atoms with Gasteiger partial charge in [-0.2, -0.15) is 0 Å². The summed E-state index contributed by atoms with van der Waals surface area (Å²) in [5, 5.41) is 30.0. The fraction of sp³-hybridized carbons (Fsp3) is 0.500. The zero-order valence-corrected chi connectivity index (χ0v) is 11.4. The van der Waals surface area contributed by atoms with Gasteiger partial charge in [-0.25, -0.2) is 8.78 Å². The minimum atomic E-state index is -2.65. The summed E-state index contributed by atoms with van der Waals surface area (Å²) in [6, 6.07) is 2.22. The normalized spacial score (nSPS) is 14.2. The third-order valence-corrected chi connectivity index (χ3v) is 2.87. The van der Waals surface area contributed by atoms with Crippen LogP contribution in [-0.2, 0) is 4.74 Å². The molecule has 1 unspecified atom stereocenters. The number of ether oxygens (including phenoxy) is 1. The summed E-state index contributed by atoms with van der Waals surface area (Å²) < 4.78 is 29.8. The number of phenolic OH excluding ortho intramolecular Hbond substituents is 1. The van der Waals surface area contributed by atoms with Crippen LogP contribution in [0.25, 0.3) is 0 Å². The maximum atomic E-state index is 12.4. The molecule has 0 radical (unpaired) electrons. The van der Waals surface area contributed by atoms with Gasteiger partial charge >= 0.3 is 0 Å². The van der Waals surface area contributed by atoms with Crippen LogP contribution < -0.4 is 16.3 Å². The second-order valence-corrected chi connectivity index (χ2v) is 4.45. The topological polar surface area (TPSA) is 111 Å². The quantitative estimate of drug-likeness (QED) is 0.453. The van der Waals surface area contributed by atoms with Crippen molar-refractivity contribution < 1.29 is 29.0 Å². The van der Waals surface area contributed by atoms with E-state index in [1.807, 2.05) is 0 Å². The van der Waals surface area contributed by atoms with E-state index in [0.29, 0.717) is 5.56 Å². The number of hydrogen-bond donors (Lipinski definition) is 5. The van der Waals surface area contributed by atoms with Crippen molar-refractivity contribution in [2.45, 2.75) is 18.5 Å². The molecule has 1 aromatic carbocycles. The molecule has 0 saturated heterocycles. The summed E-state index contributed by atoms with van der Waals surface area (Å²) in [6.07, 6.45) is -2.65. The summed E-state index contributed by atoms with van der Waals surface area (Å²) in [7, 11) is 1.44. The standard InChI is InChI=1S/C12H19F2N3O4/c1-21-6-9(16-5-8(15)12(13)14)7-2-3-11(18)10(4-7)17(19)20/h2-4,8-9,12,16,18-20H,5-6,15H2,1H3/t8-,9?/m0/s1. The summed E-state index contributed by atoms with van der Waals surface area (Å²) >= 11 is 0. The third-order valence-electron chi connectivity index (χ3n) is 2.87. The molecular formula is C12H19F2N3O4. The summed E-state index contributed by atoms with van der Waals surface area (Å²) in [5.41, 5.74) is 5.53. The molecule has 7 nitrogen and oxygen atoms in total. The van der Waals surface area contributed by atoms with Gasteiger partial charge in [0.15, 0.2) is 0 Å². The van der Waals surface area contributed by atoms with Gasteiger partial charge in [-0.1, -0.05) is 6.07 Å². The maximum absolute atomic E-state index is 12.4. The first-order valence-corrected chi connectivity index (χ1v) is 6.13. The van der Waals surface area contributed by atoms with Gasteiger partial charge in [0, 0.05) is 13.7 Å². The van der Waals surface area contributed by atoms with Crippen LogP contribution in [0.4, 0.5) is 14.5 Å². The fourth-order valence-corrected chi connectivity index (χ4v) is 1.72. The Balaban J connectivity index is 2.87. The Morgan fingerprint density at radius 2 is 2.05 bits per heavy atom. The Hall–Kier alpha value is -1.52. The average molecular weight is 307 g/mol. The highest BCUT2D eigenvalue weighted by Gasteiger charge is 2.19. The minimum absolute atomic E-state index is 0.149. The predicted octanol–water partition coefficient (Wildman–Crippen LogP) is 0.847. The molecule has 0 aliphatic rings. The van der Waals surface area contributed by atoms with Gasteiger partial charge in [0.25, 0.3) is 6.43 Å². The number of nitrogens with zero attached hydrogens (tertiary/aromatic N) is 1. The lowest BCUT2D eigenvalue weighted by Crippen LogP contribution is -2.41. The van der Waals surface area contributed by atoms with Gasteiger partial charge in [-0.15, -0.1) is 5.23 Å². The van der Waals surface area contributed by atoms with Gasteiger partial charge in [0.1, 0.15) is 11.4 Å². The summed E-state index contributed by atoms with van der Waals surface area (Å²) in [6.45, 7) is 0.000891. The van der Waals surface area contributed by atoms with Crippen LogP contribution >= 0.6 is 0 Å². The number of nitrogens with two attached hydrogens (primary N) is 1. The lowest BCUT2D eigenvalue weighted by molar-refractivity contribution is 0.0279. The lowest BCUT2D eigenvalue weighted by atomic mass is 10.1. The van der Waals surface area contributed by atoms with Gasteiger partial charge < -0.3 is 20.9 Å². The monoisotopic (exact) mass is 307 g/mol. The Morgan fingerprint density at radius 3 is 2.57 bits per heavy atom. The van der Waals surface area contributed by atoms with Crippen molar-refractivity contribution in [1.82, 2.24) is 5.32 Å². The average Bonchev–Trinajstić information content (AvgIpc) is 2.43. The van der Waals surface area contributed by atoms with E-state index in [1.54, 1.807) is 0 Å². The molecule has 9 heteroatoms. The Labute approximate surface area is 120 Å². The number of phenols is 1. The van der Waals surface area contributed by atoms with E-state index in [2.05, 4.69) is 5.32 Å². The van der Waals surface area contributed by atoms with Crippen LogP contribution in [0.5, 0.6) is 5.75 Å². The molecule has 0 bridgehead atoms. The molecule has 6 N–H and O–H groups in total. The number of aromatic hydroxyl groups is 1. The van der Waals surface area contributed by atoms with Crippen molar-refractivity contribution in [1.29, 1.82) is 0 Å². The van der Waals surface area contributed by atoms with Crippen LogP contribution in [0.15, 0.2) is 18.2 Å². The van der Waals surface area contributed by atoms with Gasteiger partial charge in [0.2, 0.25) is 0 Å².